The standard InChI is InChI=1S/C14H10BrClN2O3/c15-9-6-10(13(16)17-7-9)14(21)18-11-4-2-1-3-8(11)5-12(19)20/h1-4,6-7H,5H2,(H,18,21)(H,19,20). The van der Waals surface area contributed by atoms with Crippen LogP contribution in [-0.4, -0.2) is 22.0 Å². The van der Waals surface area contributed by atoms with E-state index in [1.165, 1.54) is 6.20 Å². The molecule has 0 atom stereocenters. The molecule has 2 N–H and O–H groups in total. The van der Waals surface area contributed by atoms with Gasteiger partial charge in [0.2, 0.25) is 0 Å². The highest BCUT2D eigenvalue weighted by Gasteiger charge is 2.14. The van der Waals surface area contributed by atoms with Gasteiger partial charge >= 0.3 is 5.97 Å². The van der Waals surface area contributed by atoms with Gasteiger partial charge in [-0.2, -0.15) is 0 Å². The summed E-state index contributed by atoms with van der Waals surface area (Å²) in [6, 6.07) is 8.24. The van der Waals surface area contributed by atoms with E-state index in [-0.39, 0.29) is 17.1 Å². The Labute approximate surface area is 134 Å². The monoisotopic (exact) mass is 368 g/mol. The van der Waals surface area contributed by atoms with Crippen LogP contribution in [0.5, 0.6) is 0 Å². The maximum absolute atomic E-state index is 12.2. The van der Waals surface area contributed by atoms with Crippen molar-refractivity contribution in [2.75, 3.05) is 5.32 Å². The number of carboxylic acid groups (broad SMARTS) is 1. The molecule has 2 rings (SSSR count). The molecule has 0 bridgehead atoms. The van der Waals surface area contributed by atoms with Crippen LogP contribution in [0, 0.1) is 0 Å². The largest absolute Gasteiger partial charge is 0.481 e. The number of benzene rings is 1. The first-order valence-corrected chi connectivity index (χ1v) is 7.06. The number of carbonyl (C=O) groups excluding carboxylic acids is 1. The molecule has 5 nitrogen and oxygen atoms in total. The Balaban J connectivity index is 2.27. The summed E-state index contributed by atoms with van der Waals surface area (Å²) in [5.41, 5.74) is 1.15. The maximum atomic E-state index is 12.2. The zero-order chi connectivity index (χ0) is 15.4. The van der Waals surface area contributed by atoms with Crippen molar-refractivity contribution >= 4 is 45.1 Å². The Morgan fingerprint density at radius 1 is 1.33 bits per heavy atom. The highest BCUT2D eigenvalue weighted by atomic mass is 79.9. The molecule has 1 aromatic heterocycles. The topological polar surface area (TPSA) is 79.3 Å². The Bertz CT molecular complexity index is 706. The predicted octanol–water partition coefficient (Wildman–Crippen LogP) is 3.38. The number of rotatable bonds is 4. The van der Waals surface area contributed by atoms with Crippen molar-refractivity contribution in [3.05, 3.63) is 57.3 Å². The number of pyridine rings is 1. The van der Waals surface area contributed by atoms with Gasteiger partial charge < -0.3 is 10.4 Å². The number of carbonyl (C=O) groups is 2. The van der Waals surface area contributed by atoms with Gasteiger partial charge in [-0.05, 0) is 33.6 Å². The zero-order valence-corrected chi connectivity index (χ0v) is 13.0. The molecule has 2 aromatic rings. The fourth-order valence-corrected chi connectivity index (χ4v) is 2.25. The van der Waals surface area contributed by atoms with Crippen molar-refractivity contribution in [1.82, 2.24) is 4.98 Å². The number of hydrogen-bond donors (Lipinski definition) is 2. The summed E-state index contributed by atoms with van der Waals surface area (Å²) in [6.07, 6.45) is 1.30. The van der Waals surface area contributed by atoms with Crippen LogP contribution in [0.4, 0.5) is 5.69 Å². The van der Waals surface area contributed by atoms with Crippen molar-refractivity contribution in [2.45, 2.75) is 6.42 Å². The third-order valence-corrected chi connectivity index (χ3v) is 3.39. The van der Waals surface area contributed by atoms with Gasteiger partial charge in [0.05, 0.1) is 12.0 Å². The molecular weight excluding hydrogens is 360 g/mol. The van der Waals surface area contributed by atoms with E-state index < -0.39 is 11.9 Å². The van der Waals surface area contributed by atoms with Crippen molar-refractivity contribution in [3.63, 3.8) is 0 Å². The van der Waals surface area contributed by atoms with Crippen molar-refractivity contribution < 1.29 is 14.7 Å². The second-order valence-corrected chi connectivity index (χ2v) is 5.45. The second-order valence-electron chi connectivity index (χ2n) is 4.17. The molecule has 108 valence electrons. The number of hydrogen-bond acceptors (Lipinski definition) is 3. The van der Waals surface area contributed by atoms with Crippen LogP contribution >= 0.6 is 27.5 Å². The summed E-state index contributed by atoms with van der Waals surface area (Å²) < 4.78 is 0.621. The van der Waals surface area contributed by atoms with Crippen LogP contribution in [0.2, 0.25) is 5.15 Å². The van der Waals surface area contributed by atoms with Gasteiger partial charge in [-0.3, -0.25) is 9.59 Å². The normalized spacial score (nSPS) is 10.2. The van der Waals surface area contributed by atoms with E-state index in [0.29, 0.717) is 15.7 Å². The SMILES string of the molecule is O=C(O)Cc1ccccc1NC(=O)c1cc(Br)cnc1Cl. The molecule has 0 aliphatic carbocycles. The Kier molecular flexibility index (Phi) is 4.93. The van der Waals surface area contributed by atoms with Crippen LogP contribution < -0.4 is 5.32 Å². The van der Waals surface area contributed by atoms with Crippen molar-refractivity contribution in [3.8, 4) is 0 Å². The number of nitrogens with one attached hydrogen (secondary N) is 1. The molecule has 7 heteroatoms. The molecule has 0 saturated heterocycles. The summed E-state index contributed by atoms with van der Waals surface area (Å²) in [6.45, 7) is 0. The lowest BCUT2D eigenvalue weighted by Crippen LogP contribution is -2.15. The summed E-state index contributed by atoms with van der Waals surface area (Å²) in [7, 11) is 0. The molecule has 0 spiro atoms. The number of para-hydroxylation sites is 1. The van der Waals surface area contributed by atoms with Gasteiger partial charge in [-0.15, -0.1) is 0 Å². The highest BCUT2D eigenvalue weighted by molar-refractivity contribution is 9.10. The van der Waals surface area contributed by atoms with E-state index in [1.807, 2.05) is 0 Å². The van der Waals surface area contributed by atoms with Gasteiger partial charge in [-0.25, -0.2) is 4.98 Å². The number of aromatic nitrogens is 1. The molecule has 0 radical (unpaired) electrons. The smallest absolute Gasteiger partial charge is 0.307 e. The van der Waals surface area contributed by atoms with Crippen LogP contribution in [0.1, 0.15) is 15.9 Å². The second kappa shape index (κ2) is 6.69. The number of halogens is 2. The van der Waals surface area contributed by atoms with Gasteiger partial charge in [-0.1, -0.05) is 29.8 Å². The molecule has 0 fully saturated rings. The first-order chi connectivity index (χ1) is 9.97. The van der Waals surface area contributed by atoms with E-state index in [1.54, 1.807) is 30.3 Å². The molecule has 0 aliphatic heterocycles. The molecular formula is C14H10BrClN2O3. The number of nitrogens with zero attached hydrogens (tertiary/aromatic N) is 1. The Morgan fingerprint density at radius 3 is 2.76 bits per heavy atom. The Hall–Kier alpha value is -1.92. The minimum Gasteiger partial charge on any atom is -0.481 e. The fourth-order valence-electron chi connectivity index (χ4n) is 1.73. The van der Waals surface area contributed by atoms with E-state index in [0.717, 1.165) is 0 Å². The lowest BCUT2D eigenvalue weighted by atomic mass is 10.1. The quantitative estimate of drug-likeness (QED) is 0.810. The Morgan fingerprint density at radius 2 is 2.05 bits per heavy atom. The maximum Gasteiger partial charge on any atom is 0.307 e. The summed E-state index contributed by atoms with van der Waals surface area (Å²) in [4.78, 5) is 26.9. The molecule has 1 amide bonds. The van der Waals surface area contributed by atoms with Crippen LogP contribution in [-0.2, 0) is 11.2 Å². The van der Waals surface area contributed by atoms with E-state index >= 15 is 0 Å². The fraction of sp³-hybridized carbons (Fsp3) is 0.0714. The molecule has 0 saturated carbocycles. The number of amides is 1. The van der Waals surface area contributed by atoms with E-state index in [4.69, 9.17) is 16.7 Å². The molecule has 0 unspecified atom stereocenters. The minimum absolute atomic E-state index is 0.0754. The zero-order valence-electron chi connectivity index (χ0n) is 10.6. The predicted molar refractivity (Wildman–Crippen MR) is 82.7 cm³/mol. The molecule has 1 aromatic carbocycles. The van der Waals surface area contributed by atoms with Crippen molar-refractivity contribution in [2.24, 2.45) is 0 Å². The van der Waals surface area contributed by atoms with Gasteiger partial charge in [0.25, 0.3) is 5.91 Å². The van der Waals surface area contributed by atoms with Gasteiger partial charge in [0, 0.05) is 16.4 Å². The lowest BCUT2D eigenvalue weighted by molar-refractivity contribution is -0.136. The summed E-state index contributed by atoms with van der Waals surface area (Å²) in [5.74, 6) is -1.43. The average molecular weight is 370 g/mol. The average Bonchev–Trinajstić information content (AvgIpc) is 2.43. The van der Waals surface area contributed by atoms with Crippen LogP contribution in [0.3, 0.4) is 0 Å². The van der Waals surface area contributed by atoms with Crippen molar-refractivity contribution in [1.29, 1.82) is 0 Å². The van der Waals surface area contributed by atoms with E-state index in [9.17, 15) is 9.59 Å². The van der Waals surface area contributed by atoms with Gasteiger partial charge in [0.1, 0.15) is 5.15 Å². The number of aliphatic carboxylic acids is 1. The van der Waals surface area contributed by atoms with Gasteiger partial charge in [0.15, 0.2) is 0 Å². The molecule has 21 heavy (non-hydrogen) atoms. The lowest BCUT2D eigenvalue weighted by Gasteiger charge is -2.10. The van der Waals surface area contributed by atoms with Crippen LogP contribution in [0.15, 0.2) is 41.0 Å². The summed E-state index contributed by atoms with van der Waals surface area (Å²) >= 11 is 9.11. The number of carboxylic acids is 1. The first-order valence-electron chi connectivity index (χ1n) is 5.89. The highest BCUT2D eigenvalue weighted by Crippen LogP contribution is 2.21. The van der Waals surface area contributed by atoms with E-state index in [2.05, 4.69) is 26.2 Å². The minimum atomic E-state index is -0.973. The third-order valence-electron chi connectivity index (χ3n) is 2.66. The molecule has 1 heterocycles. The van der Waals surface area contributed by atoms with Crippen LogP contribution in [0.25, 0.3) is 0 Å². The molecule has 0 aliphatic rings. The third kappa shape index (κ3) is 4.03. The number of anilines is 1. The summed E-state index contributed by atoms with van der Waals surface area (Å²) in [5, 5.41) is 11.6. The first kappa shape index (κ1) is 15.5.